The van der Waals surface area contributed by atoms with Gasteiger partial charge in [-0.1, -0.05) is 25.5 Å². The quantitative estimate of drug-likeness (QED) is 0.883. The molecule has 1 aromatic carbocycles. The average Bonchev–Trinajstić information content (AvgIpc) is 2.45. The van der Waals surface area contributed by atoms with Crippen molar-refractivity contribution >= 4 is 0 Å². The highest BCUT2D eigenvalue weighted by Gasteiger charge is 2.21. The van der Waals surface area contributed by atoms with Crippen LogP contribution in [0.1, 0.15) is 36.9 Å². The molecule has 0 bridgehead atoms. The highest BCUT2D eigenvalue weighted by atomic mass is 16.5. The van der Waals surface area contributed by atoms with Gasteiger partial charge in [0.1, 0.15) is 5.75 Å². The molecule has 1 heterocycles. The molecule has 0 spiro atoms. The predicted octanol–water partition coefficient (Wildman–Crippen LogP) is 2.75. The van der Waals surface area contributed by atoms with Gasteiger partial charge < -0.3 is 10.1 Å². The third-order valence-corrected chi connectivity index (χ3v) is 3.96. The van der Waals surface area contributed by atoms with Crippen LogP contribution < -0.4 is 10.1 Å². The maximum absolute atomic E-state index is 5.36. The summed E-state index contributed by atoms with van der Waals surface area (Å²) in [7, 11) is 1.74. The Labute approximate surface area is 116 Å². The van der Waals surface area contributed by atoms with Crippen LogP contribution in [0.2, 0.25) is 0 Å². The van der Waals surface area contributed by atoms with Gasteiger partial charge in [-0.3, -0.25) is 4.90 Å². The molecule has 0 unspecified atom stereocenters. The maximum atomic E-state index is 5.36. The second kappa shape index (κ2) is 6.92. The van der Waals surface area contributed by atoms with E-state index in [1.54, 1.807) is 7.11 Å². The SMILES string of the molecule is CCC[C@H](c1ccc(OC)c(C)c1)N1CCNCC1. The van der Waals surface area contributed by atoms with Crippen LogP contribution in [0.5, 0.6) is 5.75 Å². The molecule has 0 amide bonds. The maximum Gasteiger partial charge on any atom is 0.121 e. The van der Waals surface area contributed by atoms with Crippen LogP contribution in [0, 0.1) is 6.92 Å². The van der Waals surface area contributed by atoms with Crippen LogP contribution in [0.3, 0.4) is 0 Å². The average molecular weight is 262 g/mol. The molecule has 1 aromatic rings. The summed E-state index contributed by atoms with van der Waals surface area (Å²) in [6.45, 7) is 8.91. The van der Waals surface area contributed by atoms with Gasteiger partial charge in [0.05, 0.1) is 7.11 Å². The van der Waals surface area contributed by atoms with Crippen molar-refractivity contribution in [3.63, 3.8) is 0 Å². The number of piperazine rings is 1. The highest BCUT2D eigenvalue weighted by molar-refractivity contribution is 5.37. The summed E-state index contributed by atoms with van der Waals surface area (Å²) in [4.78, 5) is 2.61. The van der Waals surface area contributed by atoms with Crippen LogP contribution in [-0.2, 0) is 0 Å². The summed E-state index contributed by atoms with van der Waals surface area (Å²) in [6, 6.07) is 7.18. The van der Waals surface area contributed by atoms with E-state index in [-0.39, 0.29) is 0 Å². The Morgan fingerprint density at radius 2 is 2.05 bits per heavy atom. The number of benzene rings is 1. The molecular weight excluding hydrogens is 236 g/mol. The molecule has 1 atom stereocenters. The number of hydrogen-bond donors (Lipinski definition) is 1. The highest BCUT2D eigenvalue weighted by Crippen LogP contribution is 2.29. The van der Waals surface area contributed by atoms with Crippen LogP contribution in [0.15, 0.2) is 18.2 Å². The summed E-state index contributed by atoms with van der Waals surface area (Å²) in [6.07, 6.45) is 2.45. The first-order valence-electron chi connectivity index (χ1n) is 7.35. The predicted molar refractivity (Wildman–Crippen MR) is 79.8 cm³/mol. The fourth-order valence-electron chi connectivity index (χ4n) is 2.94. The molecule has 0 aromatic heterocycles. The van der Waals surface area contributed by atoms with E-state index in [9.17, 15) is 0 Å². The lowest BCUT2D eigenvalue weighted by Crippen LogP contribution is -2.45. The summed E-state index contributed by atoms with van der Waals surface area (Å²) in [5.41, 5.74) is 2.67. The summed E-state index contributed by atoms with van der Waals surface area (Å²) in [5.74, 6) is 0.985. The van der Waals surface area contributed by atoms with Crippen molar-refractivity contribution < 1.29 is 4.74 Å². The fraction of sp³-hybridized carbons (Fsp3) is 0.625. The first-order valence-corrected chi connectivity index (χ1v) is 7.35. The topological polar surface area (TPSA) is 24.5 Å². The van der Waals surface area contributed by atoms with Gasteiger partial charge in [0.25, 0.3) is 0 Å². The number of ether oxygens (including phenoxy) is 1. The van der Waals surface area contributed by atoms with Gasteiger partial charge in [0.2, 0.25) is 0 Å². The Balaban J connectivity index is 2.19. The van der Waals surface area contributed by atoms with E-state index in [0.29, 0.717) is 6.04 Å². The van der Waals surface area contributed by atoms with Crippen LogP contribution in [0.25, 0.3) is 0 Å². The lowest BCUT2D eigenvalue weighted by Gasteiger charge is -2.35. The van der Waals surface area contributed by atoms with Crippen LogP contribution in [0.4, 0.5) is 0 Å². The van der Waals surface area contributed by atoms with E-state index in [1.807, 2.05) is 0 Å². The van der Waals surface area contributed by atoms with Crippen LogP contribution >= 0.6 is 0 Å². The van der Waals surface area contributed by atoms with Gasteiger partial charge in [-0.15, -0.1) is 0 Å². The largest absolute Gasteiger partial charge is 0.496 e. The Hall–Kier alpha value is -1.06. The monoisotopic (exact) mass is 262 g/mol. The molecule has 1 saturated heterocycles. The second-order valence-electron chi connectivity index (χ2n) is 5.32. The Bertz CT molecular complexity index is 400. The molecule has 1 aliphatic rings. The molecule has 1 aliphatic heterocycles. The lowest BCUT2D eigenvalue weighted by atomic mass is 9.98. The number of nitrogens with zero attached hydrogens (tertiary/aromatic N) is 1. The van der Waals surface area contributed by atoms with Gasteiger partial charge in [-0.25, -0.2) is 0 Å². The van der Waals surface area contributed by atoms with Crippen molar-refractivity contribution in [2.75, 3.05) is 33.3 Å². The van der Waals surface area contributed by atoms with Crippen molar-refractivity contribution in [3.05, 3.63) is 29.3 Å². The van der Waals surface area contributed by atoms with E-state index in [4.69, 9.17) is 4.74 Å². The molecule has 1 fully saturated rings. The molecule has 106 valence electrons. The number of methoxy groups -OCH3 is 1. The van der Waals surface area contributed by atoms with Crippen molar-refractivity contribution in [1.29, 1.82) is 0 Å². The van der Waals surface area contributed by atoms with Gasteiger partial charge in [0.15, 0.2) is 0 Å². The number of nitrogens with one attached hydrogen (secondary N) is 1. The van der Waals surface area contributed by atoms with Crippen LogP contribution in [-0.4, -0.2) is 38.2 Å². The Morgan fingerprint density at radius 3 is 2.63 bits per heavy atom. The molecule has 0 aliphatic carbocycles. The molecule has 2 rings (SSSR count). The van der Waals surface area contributed by atoms with Gasteiger partial charge in [0, 0.05) is 32.2 Å². The molecule has 3 nitrogen and oxygen atoms in total. The third kappa shape index (κ3) is 3.48. The summed E-state index contributed by atoms with van der Waals surface area (Å²) in [5, 5.41) is 3.43. The lowest BCUT2D eigenvalue weighted by molar-refractivity contribution is 0.164. The van der Waals surface area contributed by atoms with Crippen molar-refractivity contribution in [1.82, 2.24) is 10.2 Å². The van der Waals surface area contributed by atoms with Crippen molar-refractivity contribution in [3.8, 4) is 5.75 Å². The van der Waals surface area contributed by atoms with E-state index in [0.717, 1.165) is 31.9 Å². The third-order valence-electron chi connectivity index (χ3n) is 3.96. The minimum absolute atomic E-state index is 0.553. The Morgan fingerprint density at radius 1 is 1.32 bits per heavy atom. The normalized spacial score (nSPS) is 18.3. The zero-order valence-corrected chi connectivity index (χ0v) is 12.4. The first-order chi connectivity index (χ1) is 9.26. The van der Waals surface area contributed by atoms with E-state index < -0.39 is 0 Å². The molecule has 1 N–H and O–H groups in total. The van der Waals surface area contributed by atoms with Crippen molar-refractivity contribution in [2.24, 2.45) is 0 Å². The van der Waals surface area contributed by atoms with Gasteiger partial charge in [-0.05, 0) is 30.5 Å². The standard InChI is InChI=1S/C16H26N2O/c1-4-5-15(18-10-8-17-9-11-18)14-6-7-16(19-3)13(2)12-14/h6-7,12,15,17H,4-5,8-11H2,1-3H3/t15-/m1/s1. The summed E-state index contributed by atoms with van der Waals surface area (Å²) >= 11 is 0. The molecule has 0 saturated carbocycles. The number of aryl methyl sites for hydroxylation is 1. The smallest absolute Gasteiger partial charge is 0.121 e. The van der Waals surface area contributed by atoms with Crippen molar-refractivity contribution in [2.45, 2.75) is 32.7 Å². The molecule has 19 heavy (non-hydrogen) atoms. The minimum Gasteiger partial charge on any atom is -0.496 e. The van der Waals surface area contributed by atoms with E-state index >= 15 is 0 Å². The number of hydrogen-bond acceptors (Lipinski definition) is 3. The zero-order valence-electron chi connectivity index (χ0n) is 12.4. The zero-order chi connectivity index (χ0) is 13.7. The Kier molecular flexibility index (Phi) is 5.23. The van der Waals surface area contributed by atoms with E-state index in [2.05, 4.69) is 42.3 Å². The molecule has 3 heteroatoms. The van der Waals surface area contributed by atoms with E-state index in [1.165, 1.54) is 24.0 Å². The summed E-state index contributed by atoms with van der Waals surface area (Å²) < 4.78 is 5.36. The minimum atomic E-state index is 0.553. The first kappa shape index (κ1) is 14.4. The molecule has 0 radical (unpaired) electrons. The van der Waals surface area contributed by atoms with Gasteiger partial charge >= 0.3 is 0 Å². The second-order valence-corrected chi connectivity index (χ2v) is 5.32. The number of rotatable bonds is 5. The molecular formula is C16H26N2O. The van der Waals surface area contributed by atoms with Gasteiger partial charge in [-0.2, -0.15) is 0 Å². The fourth-order valence-corrected chi connectivity index (χ4v) is 2.94.